The fourth-order valence-corrected chi connectivity index (χ4v) is 4.70. The molecule has 1 aliphatic heterocycles. The van der Waals surface area contributed by atoms with Crippen molar-refractivity contribution in [1.29, 1.82) is 0 Å². The molecule has 2 aromatic carbocycles. The molecule has 2 N–H and O–H groups in total. The van der Waals surface area contributed by atoms with Gasteiger partial charge in [0.25, 0.3) is 5.56 Å². The molecule has 0 bridgehead atoms. The molecule has 6 heteroatoms. The molecule has 1 aliphatic carbocycles. The van der Waals surface area contributed by atoms with Crippen LogP contribution in [0.3, 0.4) is 0 Å². The van der Waals surface area contributed by atoms with Gasteiger partial charge in [0.05, 0.1) is 11.1 Å². The van der Waals surface area contributed by atoms with Crippen molar-refractivity contribution in [1.82, 2.24) is 20.4 Å². The van der Waals surface area contributed by atoms with E-state index in [0.29, 0.717) is 24.4 Å². The van der Waals surface area contributed by atoms with E-state index in [-0.39, 0.29) is 17.6 Å². The minimum atomic E-state index is -0.142. The first-order chi connectivity index (χ1) is 14.2. The zero-order valence-electron chi connectivity index (χ0n) is 16.2. The van der Waals surface area contributed by atoms with Crippen LogP contribution in [-0.2, 0) is 13.1 Å². The summed E-state index contributed by atoms with van der Waals surface area (Å²) in [6, 6.07) is 16.1. The van der Waals surface area contributed by atoms with Crippen LogP contribution in [0.25, 0.3) is 10.8 Å². The number of hydrogen-bond donors (Lipinski definition) is 2. The first-order valence-corrected chi connectivity index (χ1v) is 10.3. The number of aromatic amines is 1. The van der Waals surface area contributed by atoms with Gasteiger partial charge in [0, 0.05) is 30.4 Å². The Morgan fingerprint density at radius 3 is 2.24 bits per heavy atom. The number of aromatic nitrogens is 2. The maximum Gasteiger partial charge on any atom is 0.318 e. The van der Waals surface area contributed by atoms with Crippen molar-refractivity contribution in [3.63, 3.8) is 0 Å². The molecule has 2 amide bonds. The first kappa shape index (κ1) is 17.9. The highest BCUT2D eigenvalue weighted by Crippen LogP contribution is 2.34. The van der Waals surface area contributed by atoms with Crippen LogP contribution in [0, 0.1) is 0 Å². The zero-order valence-corrected chi connectivity index (χ0v) is 16.2. The second-order valence-corrected chi connectivity index (χ2v) is 8.11. The van der Waals surface area contributed by atoms with Crippen LogP contribution in [-0.4, -0.2) is 27.2 Å². The number of fused-ring (bicyclic) bond motifs is 2. The summed E-state index contributed by atoms with van der Waals surface area (Å²) in [4.78, 5) is 26.6. The van der Waals surface area contributed by atoms with Crippen LogP contribution in [0.15, 0.2) is 53.3 Å². The van der Waals surface area contributed by atoms with Crippen molar-refractivity contribution in [2.45, 2.75) is 50.7 Å². The fourth-order valence-electron chi connectivity index (χ4n) is 4.70. The summed E-state index contributed by atoms with van der Waals surface area (Å²) in [7, 11) is 0. The van der Waals surface area contributed by atoms with Crippen molar-refractivity contribution in [3.05, 3.63) is 75.7 Å². The van der Waals surface area contributed by atoms with Crippen LogP contribution < -0.4 is 10.9 Å². The summed E-state index contributed by atoms with van der Waals surface area (Å²) in [5, 5.41) is 11.9. The van der Waals surface area contributed by atoms with Gasteiger partial charge in [-0.3, -0.25) is 4.79 Å². The third-order valence-electron chi connectivity index (χ3n) is 6.30. The fraction of sp³-hybridized carbons (Fsp3) is 0.348. The number of nitrogens with zero attached hydrogens (tertiary/aromatic N) is 2. The van der Waals surface area contributed by atoms with E-state index < -0.39 is 0 Å². The summed E-state index contributed by atoms with van der Waals surface area (Å²) >= 11 is 0. The van der Waals surface area contributed by atoms with Gasteiger partial charge in [-0.2, -0.15) is 5.10 Å². The molecule has 0 radical (unpaired) electrons. The highest BCUT2D eigenvalue weighted by atomic mass is 16.2. The molecular weight excluding hydrogens is 364 g/mol. The van der Waals surface area contributed by atoms with Crippen molar-refractivity contribution in [2.24, 2.45) is 0 Å². The maximum absolute atomic E-state index is 12.7. The molecule has 1 saturated carbocycles. The number of H-pyrrole nitrogens is 1. The Morgan fingerprint density at radius 1 is 0.931 bits per heavy atom. The molecule has 0 atom stereocenters. The van der Waals surface area contributed by atoms with Crippen LogP contribution in [0.4, 0.5) is 4.79 Å². The van der Waals surface area contributed by atoms with Crippen LogP contribution in [0.5, 0.6) is 0 Å². The predicted molar refractivity (Wildman–Crippen MR) is 112 cm³/mol. The lowest BCUT2D eigenvalue weighted by Crippen LogP contribution is -2.44. The topological polar surface area (TPSA) is 78.1 Å². The molecule has 2 aliphatic rings. The summed E-state index contributed by atoms with van der Waals surface area (Å²) in [5.41, 5.74) is 3.31. The molecule has 1 aromatic heterocycles. The number of rotatable bonds is 2. The summed E-state index contributed by atoms with van der Waals surface area (Å²) < 4.78 is 0. The smallest absolute Gasteiger partial charge is 0.318 e. The Bertz CT molecular complexity index is 1090. The van der Waals surface area contributed by atoms with E-state index in [9.17, 15) is 9.59 Å². The van der Waals surface area contributed by atoms with Crippen LogP contribution >= 0.6 is 0 Å². The average Bonchev–Trinajstić information content (AvgIpc) is 3.20. The van der Waals surface area contributed by atoms with Gasteiger partial charge in [0.15, 0.2) is 0 Å². The van der Waals surface area contributed by atoms with Gasteiger partial charge in [0.1, 0.15) is 0 Å². The van der Waals surface area contributed by atoms with Gasteiger partial charge in [-0.05, 0) is 42.9 Å². The number of nitrogens with one attached hydrogen (secondary N) is 2. The van der Waals surface area contributed by atoms with Crippen LogP contribution in [0.1, 0.15) is 48.4 Å². The Labute approximate surface area is 168 Å². The SMILES string of the molecule is O=C(N[C@H]1CC[C@H](c2n[nH]c(=O)c3ccccc32)CC1)N1Cc2ccccc2C1. The number of amides is 2. The Morgan fingerprint density at radius 2 is 1.55 bits per heavy atom. The number of carbonyl (C=O) groups is 1. The Balaban J connectivity index is 1.22. The Hall–Kier alpha value is -3.15. The highest BCUT2D eigenvalue weighted by molar-refractivity contribution is 5.83. The molecule has 0 saturated heterocycles. The van der Waals surface area contributed by atoms with E-state index in [1.165, 1.54) is 11.1 Å². The van der Waals surface area contributed by atoms with Gasteiger partial charge in [-0.15, -0.1) is 0 Å². The van der Waals surface area contributed by atoms with E-state index in [0.717, 1.165) is 36.8 Å². The Kier molecular flexibility index (Phi) is 4.54. The molecule has 2 heterocycles. The van der Waals surface area contributed by atoms with E-state index >= 15 is 0 Å². The molecule has 1 fully saturated rings. The van der Waals surface area contributed by atoms with Gasteiger partial charge >= 0.3 is 6.03 Å². The molecule has 29 heavy (non-hydrogen) atoms. The molecule has 148 valence electrons. The lowest BCUT2D eigenvalue weighted by Gasteiger charge is -2.30. The minimum absolute atomic E-state index is 0.0252. The summed E-state index contributed by atoms with van der Waals surface area (Å²) in [5.74, 6) is 0.306. The van der Waals surface area contributed by atoms with Gasteiger partial charge in [-0.1, -0.05) is 42.5 Å². The third kappa shape index (κ3) is 3.39. The van der Waals surface area contributed by atoms with Crippen molar-refractivity contribution in [3.8, 4) is 0 Å². The molecular formula is C23H24N4O2. The third-order valence-corrected chi connectivity index (χ3v) is 6.30. The molecule has 0 unspecified atom stereocenters. The quantitative estimate of drug-likeness (QED) is 0.703. The summed E-state index contributed by atoms with van der Waals surface area (Å²) in [6.45, 7) is 1.37. The van der Waals surface area contributed by atoms with E-state index in [1.807, 2.05) is 41.3 Å². The van der Waals surface area contributed by atoms with E-state index in [2.05, 4.69) is 27.6 Å². The van der Waals surface area contributed by atoms with E-state index in [4.69, 9.17) is 0 Å². The molecule has 6 nitrogen and oxygen atoms in total. The second kappa shape index (κ2) is 7.35. The van der Waals surface area contributed by atoms with Crippen molar-refractivity contribution in [2.75, 3.05) is 0 Å². The number of benzene rings is 2. The van der Waals surface area contributed by atoms with Gasteiger partial charge in [-0.25, -0.2) is 9.89 Å². The standard InChI is InChI=1S/C23H24N4O2/c28-22-20-8-4-3-7-19(20)21(25-26-22)15-9-11-18(12-10-15)24-23(29)27-13-16-5-1-2-6-17(16)14-27/h1-8,15,18H,9-14H2,(H,24,29)(H,26,28)/t15-,18-. The lowest BCUT2D eigenvalue weighted by atomic mass is 9.83. The van der Waals surface area contributed by atoms with Crippen molar-refractivity contribution < 1.29 is 4.79 Å². The van der Waals surface area contributed by atoms with Crippen molar-refractivity contribution >= 4 is 16.8 Å². The zero-order chi connectivity index (χ0) is 19.8. The highest BCUT2D eigenvalue weighted by Gasteiger charge is 2.29. The lowest BCUT2D eigenvalue weighted by molar-refractivity contribution is 0.189. The average molecular weight is 388 g/mol. The minimum Gasteiger partial charge on any atom is -0.335 e. The number of carbonyl (C=O) groups excluding carboxylic acids is 1. The number of hydrogen-bond acceptors (Lipinski definition) is 3. The predicted octanol–water partition coefficient (Wildman–Crippen LogP) is 3.67. The normalized spacial score (nSPS) is 21.2. The number of urea groups is 1. The maximum atomic E-state index is 12.7. The summed E-state index contributed by atoms with van der Waals surface area (Å²) in [6.07, 6.45) is 3.75. The van der Waals surface area contributed by atoms with Gasteiger partial charge < -0.3 is 10.2 Å². The molecule has 3 aromatic rings. The second-order valence-electron chi connectivity index (χ2n) is 8.11. The molecule has 0 spiro atoms. The van der Waals surface area contributed by atoms with Gasteiger partial charge in [0.2, 0.25) is 0 Å². The first-order valence-electron chi connectivity index (χ1n) is 10.3. The molecule has 5 rings (SSSR count). The van der Waals surface area contributed by atoms with E-state index in [1.54, 1.807) is 0 Å². The monoisotopic (exact) mass is 388 g/mol. The van der Waals surface area contributed by atoms with Crippen LogP contribution in [0.2, 0.25) is 0 Å². The largest absolute Gasteiger partial charge is 0.335 e.